The molecule has 0 saturated heterocycles. The maximum Gasteiger partial charge on any atom is 0.339 e. The highest BCUT2D eigenvalue weighted by molar-refractivity contribution is 7.87. The average molecular weight is 365 g/mol. The summed E-state index contributed by atoms with van der Waals surface area (Å²) in [6.45, 7) is 3.90. The molecule has 0 aliphatic heterocycles. The van der Waals surface area contributed by atoms with Crippen LogP contribution >= 0.6 is 0 Å². The number of hydrogen-bond acceptors (Lipinski definition) is 4. The van der Waals surface area contributed by atoms with E-state index in [-0.39, 0.29) is 10.6 Å². The molecule has 132 valence electrons. The number of rotatable bonds is 5. The molecule has 0 amide bonds. The van der Waals surface area contributed by atoms with Crippen LogP contribution in [-0.2, 0) is 10.1 Å². The van der Waals surface area contributed by atoms with Gasteiger partial charge in [-0.25, -0.2) is 0 Å². The first-order valence-electron chi connectivity index (χ1n) is 8.15. The molecule has 0 aromatic heterocycles. The average Bonchev–Trinajstić information content (AvgIpc) is 2.62. The van der Waals surface area contributed by atoms with Crippen molar-refractivity contribution in [2.45, 2.75) is 18.7 Å². The molecular weight excluding hydrogens is 346 g/mol. The molecule has 0 atom stereocenters. The lowest BCUT2D eigenvalue weighted by molar-refractivity contribution is 0.485. The van der Waals surface area contributed by atoms with E-state index in [0.29, 0.717) is 5.56 Å². The van der Waals surface area contributed by atoms with E-state index < -0.39 is 10.1 Å². The van der Waals surface area contributed by atoms with E-state index in [2.05, 4.69) is 4.99 Å². The number of benzene rings is 3. The minimum atomic E-state index is -3.90. The van der Waals surface area contributed by atoms with E-state index >= 15 is 0 Å². The summed E-state index contributed by atoms with van der Waals surface area (Å²) in [6, 6.07) is 21.2. The quantitative estimate of drug-likeness (QED) is 0.481. The van der Waals surface area contributed by atoms with Crippen LogP contribution in [0.5, 0.6) is 5.75 Å². The molecule has 0 saturated carbocycles. The lowest BCUT2D eigenvalue weighted by Gasteiger charge is -2.09. The zero-order valence-corrected chi connectivity index (χ0v) is 15.4. The van der Waals surface area contributed by atoms with Crippen molar-refractivity contribution in [3.05, 3.63) is 89.5 Å². The van der Waals surface area contributed by atoms with E-state index in [4.69, 9.17) is 4.18 Å². The molecule has 0 aliphatic rings. The monoisotopic (exact) mass is 365 g/mol. The third kappa shape index (κ3) is 4.37. The highest BCUT2D eigenvalue weighted by Gasteiger charge is 2.17. The highest BCUT2D eigenvalue weighted by atomic mass is 32.2. The van der Waals surface area contributed by atoms with Gasteiger partial charge in [0.1, 0.15) is 4.90 Å². The van der Waals surface area contributed by atoms with E-state index in [1.807, 2.05) is 44.2 Å². The Bertz CT molecular complexity index is 1020. The van der Waals surface area contributed by atoms with E-state index in [0.717, 1.165) is 16.8 Å². The van der Waals surface area contributed by atoms with Crippen molar-refractivity contribution in [1.29, 1.82) is 0 Å². The Morgan fingerprint density at radius 2 is 1.38 bits per heavy atom. The zero-order chi connectivity index (χ0) is 18.6. The molecule has 0 N–H and O–H groups in total. The summed E-state index contributed by atoms with van der Waals surface area (Å²) < 4.78 is 30.4. The maximum atomic E-state index is 12.5. The Kier molecular flexibility index (Phi) is 5.19. The summed E-state index contributed by atoms with van der Waals surface area (Å²) in [5, 5.41) is 0. The molecule has 0 fully saturated rings. The number of nitrogens with zero attached hydrogens (tertiary/aromatic N) is 1. The van der Waals surface area contributed by atoms with Gasteiger partial charge in [0.2, 0.25) is 0 Å². The van der Waals surface area contributed by atoms with Gasteiger partial charge in [-0.1, -0.05) is 47.5 Å². The van der Waals surface area contributed by atoms with Crippen molar-refractivity contribution < 1.29 is 12.6 Å². The van der Waals surface area contributed by atoms with Crippen molar-refractivity contribution in [3.63, 3.8) is 0 Å². The predicted molar refractivity (Wildman–Crippen MR) is 104 cm³/mol. The van der Waals surface area contributed by atoms with Crippen LogP contribution in [0.25, 0.3) is 0 Å². The highest BCUT2D eigenvalue weighted by Crippen LogP contribution is 2.23. The molecule has 4 nitrogen and oxygen atoms in total. The topological polar surface area (TPSA) is 55.7 Å². The molecule has 0 radical (unpaired) electrons. The Balaban J connectivity index is 1.87. The van der Waals surface area contributed by atoms with Gasteiger partial charge in [0.15, 0.2) is 5.75 Å². The van der Waals surface area contributed by atoms with Crippen LogP contribution in [0, 0.1) is 13.8 Å². The molecule has 3 aromatic rings. The summed E-state index contributed by atoms with van der Waals surface area (Å²) >= 11 is 0. The van der Waals surface area contributed by atoms with Crippen molar-refractivity contribution in [2.75, 3.05) is 0 Å². The molecule has 0 heterocycles. The third-order valence-electron chi connectivity index (χ3n) is 3.81. The number of aliphatic imine (C=N–C) groups is 1. The van der Waals surface area contributed by atoms with Crippen LogP contribution in [0.1, 0.15) is 16.7 Å². The van der Waals surface area contributed by atoms with Crippen molar-refractivity contribution in [2.24, 2.45) is 4.99 Å². The second-order valence-corrected chi connectivity index (χ2v) is 7.53. The van der Waals surface area contributed by atoms with Gasteiger partial charge < -0.3 is 4.18 Å². The third-order valence-corrected chi connectivity index (χ3v) is 5.06. The fraction of sp³-hybridized carbons (Fsp3) is 0.0952. The van der Waals surface area contributed by atoms with Gasteiger partial charge in [0.05, 0.1) is 5.69 Å². The SMILES string of the molecule is Cc1ccc(N=Cc2ccccc2OS(=O)(=O)c2ccc(C)cc2)cc1. The van der Waals surface area contributed by atoms with Crippen LogP contribution in [0.15, 0.2) is 82.7 Å². The maximum absolute atomic E-state index is 12.5. The van der Waals surface area contributed by atoms with Crippen molar-refractivity contribution in [3.8, 4) is 5.75 Å². The van der Waals surface area contributed by atoms with Gasteiger partial charge in [-0.05, 0) is 50.2 Å². The summed E-state index contributed by atoms with van der Waals surface area (Å²) in [5.41, 5.74) is 3.50. The number of para-hydroxylation sites is 1. The summed E-state index contributed by atoms with van der Waals surface area (Å²) in [7, 11) is -3.90. The van der Waals surface area contributed by atoms with Crippen LogP contribution in [0.2, 0.25) is 0 Å². The second-order valence-electron chi connectivity index (χ2n) is 5.98. The molecule has 0 aliphatic carbocycles. The fourth-order valence-electron chi connectivity index (χ4n) is 2.31. The molecule has 0 bridgehead atoms. The predicted octanol–water partition coefficient (Wildman–Crippen LogP) is 4.82. The normalized spacial score (nSPS) is 11.6. The van der Waals surface area contributed by atoms with Crippen LogP contribution in [0.4, 0.5) is 5.69 Å². The molecule has 3 rings (SSSR count). The van der Waals surface area contributed by atoms with Crippen molar-refractivity contribution >= 4 is 22.0 Å². The van der Waals surface area contributed by atoms with Crippen LogP contribution in [-0.4, -0.2) is 14.6 Å². The first kappa shape index (κ1) is 17.9. The van der Waals surface area contributed by atoms with Gasteiger partial charge in [-0.3, -0.25) is 4.99 Å². The van der Waals surface area contributed by atoms with Gasteiger partial charge in [0, 0.05) is 11.8 Å². The van der Waals surface area contributed by atoms with Crippen LogP contribution < -0.4 is 4.18 Å². The second kappa shape index (κ2) is 7.54. The Morgan fingerprint density at radius 1 is 0.808 bits per heavy atom. The minimum Gasteiger partial charge on any atom is -0.378 e. The Morgan fingerprint density at radius 3 is 2.04 bits per heavy atom. The summed E-state index contributed by atoms with van der Waals surface area (Å²) in [5.74, 6) is 0.240. The molecule has 26 heavy (non-hydrogen) atoms. The molecule has 5 heteroatoms. The van der Waals surface area contributed by atoms with E-state index in [9.17, 15) is 8.42 Å². The number of hydrogen-bond donors (Lipinski definition) is 0. The van der Waals surface area contributed by atoms with Gasteiger partial charge in [0.25, 0.3) is 0 Å². The summed E-state index contributed by atoms with van der Waals surface area (Å²) in [6.07, 6.45) is 1.60. The summed E-state index contributed by atoms with van der Waals surface area (Å²) in [4.78, 5) is 4.51. The Hall–Kier alpha value is -2.92. The van der Waals surface area contributed by atoms with Gasteiger partial charge in [-0.15, -0.1) is 0 Å². The minimum absolute atomic E-state index is 0.119. The van der Waals surface area contributed by atoms with E-state index in [1.165, 1.54) is 12.1 Å². The standard InChI is InChI=1S/C21H19NO3S/c1-16-7-11-19(12-8-16)22-15-18-5-3-4-6-21(18)25-26(23,24)20-13-9-17(2)10-14-20/h3-15H,1-2H3. The lowest BCUT2D eigenvalue weighted by atomic mass is 10.2. The van der Waals surface area contributed by atoms with Gasteiger partial charge in [-0.2, -0.15) is 8.42 Å². The smallest absolute Gasteiger partial charge is 0.339 e. The molecule has 0 spiro atoms. The number of aryl methyl sites for hydroxylation is 2. The zero-order valence-electron chi connectivity index (χ0n) is 14.6. The van der Waals surface area contributed by atoms with Crippen molar-refractivity contribution in [1.82, 2.24) is 0 Å². The lowest BCUT2D eigenvalue weighted by Crippen LogP contribution is -2.10. The molecule has 3 aromatic carbocycles. The molecular formula is C21H19NO3S. The fourth-order valence-corrected chi connectivity index (χ4v) is 3.26. The first-order valence-corrected chi connectivity index (χ1v) is 9.56. The first-order chi connectivity index (χ1) is 12.4. The molecule has 0 unspecified atom stereocenters. The van der Waals surface area contributed by atoms with Crippen LogP contribution in [0.3, 0.4) is 0 Å². The van der Waals surface area contributed by atoms with E-state index in [1.54, 1.807) is 36.5 Å². The Labute approximate surface area is 153 Å². The largest absolute Gasteiger partial charge is 0.378 e. The van der Waals surface area contributed by atoms with Gasteiger partial charge >= 0.3 is 10.1 Å².